The van der Waals surface area contributed by atoms with Crippen LogP contribution in [-0.2, 0) is 29.1 Å². The van der Waals surface area contributed by atoms with E-state index in [1.54, 1.807) is 0 Å². The molecule has 2 aromatic carbocycles. The number of nitrogens with one attached hydrogen (secondary N) is 3. The first-order chi connectivity index (χ1) is 14.0. The largest absolute Gasteiger partial charge is 0.338 e. The predicted molar refractivity (Wildman–Crippen MR) is 105 cm³/mol. The number of hydrogen-bond acceptors (Lipinski definition) is 3. The van der Waals surface area contributed by atoms with Gasteiger partial charge in [-0.2, -0.15) is 0 Å². The highest BCUT2D eigenvalue weighted by Crippen LogP contribution is 2.15. The van der Waals surface area contributed by atoms with E-state index in [2.05, 4.69) is 16.2 Å². The fourth-order valence-corrected chi connectivity index (χ4v) is 3.11. The first-order valence-electron chi connectivity index (χ1n) is 9.42. The van der Waals surface area contributed by atoms with Gasteiger partial charge in [-0.1, -0.05) is 36.4 Å². The summed E-state index contributed by atoms with van der Waals surface area (Å²) in [7, 11) is 0. The molecule has 0 aromatic heterocycles. The molecule has 1 heterocycles. The quantitative estimate of drug-likeness (QED) is 0.651. The van der Waals surface area contributed by atoms with E-state index in [9.17, 15) is 18.8 Å². The van der Waals surface area contributed by atoms with E-state index >= 15 is 0 Å². The summed E-state index contributed by atoms with van der Waals surface area (Å²) >= 11 is 0. The number of hydrazine groups is 1. The summed E-state index contributed by atoms with van der Waals surface area (Å²) in [6.45, 7) is 1.63. The first kappa shape index (κ1) is 20.3. The Bertz CT molecular complexity index is 886. The van der Waals surface area contributed by atoms with Crippen LogP contribution in [0.1, 0.15) is 29.5 Å². The fourth-order valence-electron chi connectivity index (χ4n) is 3.11. The highest BCUT2D eigenvalue weighted by Gasteiger charge is 2.19. The molecule has 4 amide bonds. The maximum Gasteiger partial charge on any atom is 0.333 e. The highest BCUT2D eigenvalue weighted by molar-refractivity contribution is 5.82. The number of carbonyl (C=O) groups excluding carboxylic acids is 3. The van der Waals surface area contributed by atoms with Gasteiger partial charge < -0.3 is 10.2 Å². The second kappa shape index (κ2) is 9.68. The van der Waals surface area contributed by atoms with Crippen molar-refractivity contribution in [3.63, 3.8) is 0 Å². The van der Waals surface area contributed by atoms with Crippen molar-refractivity contribution in [2.75, 3.05) is 6.54 Å². The van der Waals surface area contributed by atoms with Crippen LogP contribution in [0.25, 0.3) is 0 Å². The minimum absolute atomic E-state index is 0.0256. The van der Waals surface area contributed by atoms with Crippen LogP contribution in [0.3, 0.4) is 0 Å². The average Bonchev–Trinajstić information content (AvgIpc) is 3.11. The average molecular weight is 398 g/mol. The molecule has 0 aliphatic carbocycles. The van der Waals surface area contributed by atoms with Crippen molar-refractivity contribution in [1.29, 1.82) is 0 Å². The van der Waals surface area contributed by atoms with Gasteiger partial charge in [-0.05, 0) is 35.2 Å². The lowest BCUT2D eigenvalue weighted by atomic mass is 10.1. The summed E-state index contributed by atoms with van der Waals surface area (Å²) in [4.78, 5) is 37.3. The molecule has 0 saturated carbocycles. The molecule has 1 aliphatic heterocycles. The minimum Gasteiger partial charge on any atom is -0.338 e. The molecule has 2 aromatic rings. The Labute approximate surface area is 168 Å². The second-order valence-corrected chi connectivity index (χ2v) is 6.90. The lowest BCUT2D eigenvalue weighted by Crippen LogP contribution is -2.47. The Morgan fingerprint density at radius 2 is 1.76 bits per heavy atom. The summed E-state index contributed by atoms with van der Waals surface area (Å²) in [5.41, 5.74) is 7.13. The van der Waals surface area contributed by atoms with Crippen LogP contribution < -0.4 is 16.2 Å². The SMILES string of the molecule is O=C(Cc1ccc(F)cc1)NNC(=O)NCc1cccc(CN2CCCC2=O)c1. The van der Waals surface area contributed by atoms with Crippen molar-refractivity contribution >= 4 is 17.8 Å². The van der Waals surface area contributed by atoms with Gasteiger partial charge in [0.25, 0.3) is 0 Å². The zero-order chi connectivity index (χ0) is 20.6. The van der Waals surface area contributed by atoms with Crippen molar-refractivity contribution in [1.82, 2.24) is 21.1 Å². The maximum absolute atomic E-state index is 12.9. The van der Waals surface area contributed by atoms with Gasteiger partial charge in [-0.25, -0.2) is 14.6 Å². The smallest absolute Gasteiger partial charge is 0.333 e. The molecule has 0 bridgehead atoms. The minimum atomic E-state index is -0.544. The third-order valence-electron chi connectivity index (χ3n) is 4.58. The lowest BCUT2D eigenvalue weighted by molar-refractivity contribution is -0.128. The summed E-state index contributed by atoms with van der Waals surface area (Å²) in [6.07, 6.45) is 1.53. The number of urea groups is 1. The zero-order valence-electron chi connectivity index (χ0n) is 15.9. The molecule has 8 heteroatoms. The van der Waals surface area contributed by atoms with Crippen molar-refractivity contribution in [3.8, 4) is 0 Å². The molecule has 0 atom stereocenters. The highest BCUT2D eigenvalue weighted by atomic mass is 19.1. The number of halogens is 1. The van der Waals surface area contributed by atoms with E-state index in [1.165, 1.54) is 24.3 Å². The second-order valence-electron chi connectivity index (χ2n) is 6.90. The van der Waals surface area contributed by atoms with Crippen molar-refractivity contribution in [3.05, 3.63) is 71.0 Å². The standard InChI is InChI=1S/C21H23FN4O3/c22-18-8-6-15(7-9-18)12-19(27)24-25-21(29)23-13-16-3-1-4-17(11-16)14-26-10-2-5-20(26)28/h1,3-4,6-9,11H,2,5,10,12-14H2,(H,24,27)(H2,23,25,29). The van der Waals surface area contributed by atoms with E-state index in [4.69, 9.17) is 0 Å². The Morgan fingerprint density at radius 3 is 2.48 bits per heavy atom. The van der Waals surface area contributed by atoms with Crippen LogP contribution in [0.2, 0.25) is 0 Å². The molecule has 152 valence electrons. The van der Waals surface area contributed by atoms with E-state index in [0.29, 0.717) is 18.5 Å². The van der Waals surface area contributed by atoms with Gasteiger partial charge in [-0.15, -0.1) is 0 Å². The summed E-state index contributed by atoms with van der Waals surface area (Å²) in [5, 5.41) is 2.66. The molecule has 1 fully saturated rings. The maximum atomic E-state index is 12.9. The van der Waals surface area contributed by atoms with Gasteiger partial charge in [0, 0.05) is 26.1 Å². The van der Waals surface area contributed by atoms with Gasteiger partial charge in [0.15, 0.2) is 0 Å². The van der Waals surface area contributed by atoms with Crippen LogP contribution in [0, 0.1) is 5.82 Å². The number of carbonyl (C=O) groups is 3. The first-order valence-corrected chi connectivity index (χ1v) is 9.42. The molecule has 0 unspecified atom stereocenters. The Kier molecular flexibility index (Phi) is 6.78. The third kappa shape index (κ3) is 6.31. The lowest BCUT2D eigenvalue weighted by Gasteiger charge is -2.16. The third-order valence-corrected chi connectivity index (χ3v) is 4.58. The van der Waals surface area contributed by atoms with Crippen LogP contribution in [0.15, 0.2) is 48.5 Å². The number of likely N-dealkylation sites (tertiary alicyclic amines) is 1. The van der Waals surface area contributed by atoms with Crippen LogP contribution in [-0.4, -0.2) is 29.3 Å². The monoisotopic (exact) mass is 398 g/mol. The van der Waals surface area contributed by atoms with E-state index in [0.717, 1.165) is 24.1 Å². The topological polar surface area (TPSA) is 90.5 Å². The van der Waals surface area contributed by atoms with Gasteiger partial charge in [0.1, 0.15) is 5.82 Å². The van der Waals surface area contributed by atoms with E-state index < -0.39 is 11.9 Å². The van der Waals surface area contributed by atoms with Crippen molar-refractivity contribution in [2.45, 2.75) is 32.4 Å². The number of rotatable bonds is 6. The van der Waals surface area contributed by atoms with Crippen molar-refractivity contribution in [2.24, 2.45) is 0 Å². The Balaban J connectivity index is 1.40. The zero-order valence-corrected chi connectivity index (χ0v) is 15.9. The molecule has 29 heavy (non-hydrogen) atoms. The summed E-state index contributed by atoms with van der Waals surface area (Å²) in [6, 6.07) is 12.7. The number of hydrogen-bond donors (Lipinski definition) is 3. The van der Waals surface area contributed by atoms with Gasteiger partial charge in [-0.3, -0.25) is 15.0 Å². The predicted octanol–water partition coefficient (Wildman–Crippen LogP) is 2.02. The molecule has 0 radical (unpaired) electrons. The van der Waals surface area contributed by atoms with E-state index in [1.807, 2.05) is 29.2 Å². The Hall–Kier alpha value is -3.42. The molecule has 0 spiro atoms. The van der Waals surface area contributed by atoms with Crippen LogP contribution in [0.4, 0.5) is 9.18 Å². The van der Waals surface area contributed by atoms with Crippen LogP contribution >= 0.6 is 0 Å². The number of benzene rings is 2. The van der Waals surface area contributed by atoms with Gasteiger partial charge in [0.2, 0.25) is 11.8 Å². The molecular formula is C21H23FN4O3. The molecule has 7 nitrogen and oxygen atoms in total. The van der Waals surface area contributed by atoms with E-state index in [-0.39, 0.29) is 24.7 Å². The van der Waals surface area contributed by atoms with Gasteiger partial charge in [0.05, 0.1) is 6.42 Å². The fraction of sp³-hybridized carbons (Fsp3) is 0.286. The van der Waals surface area contributed by atoms with Crippen molar-refractivity contribution < 1.29 is 18.8 Å². The molecule has 3 N–H and O–H groups in total. The van der Waals surface area contributed by atoms with Gasteiger partial charge >= 0.3 is 6.03 Å². The number of amides is 4. The van der Waals surface area contributed by atoms with Crippen LogP contribution in [0.5, 0.6) is 0 Å². The summed E-state index contributed by atoms with van der Waals surface area (Å²) in [5.74, 6) is -0.615. The molecular weight excluding hydrogens is 375 g/mol. The normalized spacial score (nSPS) is 13.3. The Morgan fingerprint density at radius 1 is 1.00 bits per heavy atom. The molecule has 1 saturated heterocycles. The molecule has 1 aliphatic rings. The number of nitrogens with zero attached hydrogens (tertiary/aromatic N) is 1. The molecule has 3 rings (SSSR count). The summed E-state index contributed by atoms with van der Waals surface area (Å²) < 4.78 is 12.9.